The van der Waals surface area contributed by atoms with Gasteiger partial charge in [0.15, 0.2) is 6.29 Å². The molecule has 7 heteroatoms. The molecule has 1 aromatic rings. The van der Waals surface area contributed by atoms with Crippen LogP contribution in [-0.4, -0.2) is 46.0 Å². The molecule has 6 nitrogen and oxygen atoms in total. The number of aromatic nitrogens is 4. The van der Waals surface area contributed by atoms with E-state index >= 15 is 0 Å². The molecule has 1 aromatic heterocycles. The van der Waals surface area contributed by atoms with Gasteiger partial charge in [-0.15, -0.1) is 5.10 Å². The van der Waals surface area contributed by atoms with Gasteiger partial charge in [0.05, 0.1) is 6.54 Å². The van der Waals surface area contributed by atoms with Crippen LogP contribution in [0.15, 0.2) is 5.16 Å². The molecule has 0 unspecified atom stereocenters. The summed E-state index contributed by atoms with van der Waals surface area (Å²) in [6.45, 7) is 0.523. The lowest BCUT2D eigenvalue weighted by molar-refractivity contribution is -0.113. The highest BCUT2D eigenvalue weighted by atomic mass is 32.2. The summed E-state index contributed by atoms with van der Waals surface area (Å²) in [4.78, 5) is 0. The molecule has 0 aromatic carbocycles. The maximum Gasteiger partial charge on any atom is 0.209 e. The van der Waals surface area contributed by atoms with Gasteiger partial charge >= 0.3 is 0 Å². The average molecular weight is 286 g/mol. The van der Waals surface area contributed by atoms with Gasteiger partial charge in [-0.25, -0.2) is 4.68 Å². The predicted octanol–water partition coefficient (Wildman–Crippen LogP) is 2.11. The minimum Gasteiger partial charge on any atom is -0.354 e. The van der Waals surface area contributed by atoms with Crippen molar-refractivity contribution in [1.82, 2.24) is 20.2 Å². The molecule has 0 bridgehead atoms. The van der Waals surface area contributed by atoms with E-state index in [9.17, 15) is 0 Å². The molecule has 0 aliphatic heterocycles. The Labute approximate surface area is 118 Å². The standard InChI is InChI=1S/C12H22N4O2S/c1-17-11(18-2)9-16-12(13-14-15-16)19-10-7-5-3-4-6-8-10/h10-11H,3-9H2,1-2H3. The Morgan fingerprint density at radius 2 is 1.89 bits per heavy atom. The van der Waals surface area contributed by atoms with Gasteiger partial charge in [-0.05, 0) is 23.3 Å². The van der Waals surface area contributed by atoms with Crippen molar-refractivity contribution in [3.05, 3.63) is 0 Å². The topological polar surface area (TPSA) is 62.1 Å². The molecule has 0 radical (unpaired) electrons. The van der Waals surface area contributed by atoms with Gasteiger partial charge in [-0.1, -0.05) is 37.4 Å². The van der Waals surface area contributed by atoms with Crippen molar-refractivity contribution < 1.29 is 9.47 Å². The van der Waals surface area contributed by atoms with E-state index in [2.05, 4.69) is 15.5 Å². The molecular formula is C12H22N4O2S. The van der Waals surface area contributed by atoms with Gasteiger partial charge in [-0.3, -0.25) is 0 Å². The largest absolute Gasteiger partial charge is 0.354 e. The fraction of sp³-hybridized carbons (Fsp3) is 0.917. The van der Waals surface area contributed by atoms with Crippen molar-refractivity contribution >= 4 is 11.8 Å². The fourth-order valence-electron chi connectivity index (χ4n) is 2.29. The molecule has 1 heterocycles. The summed E-state index contributed by atoms with van der Waals surface area (Å²) in [7, 11) is 3.24. The summed E-state index contributed by atoms with van der Waals surface area (Å²) in [5.74, 6) is 0. The zero-order chi connectivity index (χ0) is 13.5. The van der Waals surface area contributed by atoms with Crippen LogP contribution in [0.25, 0.3) is 0 Å². The Kier molecular flexibility index (Phi) is 6.06. The second-order valence-electron chi connectivity index (χ2n) is 4.78. The molecule has 0 saturated heterocycles. The second-order valence-corrected chi connectivity index (χ2v) is 6.04. The summed E-state index contributed by atoms with van der Waals surface area (Å²) in [5.41, 5.74) is 0. The summed E-state index contributed by atoms with van der Waals surface area (Å²) >= 11 is 1.79. The number of nitrogens with zero attached hydrogens (tertiary/aromatic N) is 4. The number of tetrazole rings is 1. The highest BCUT2D eigenvalue weighted by molar-refractivity contribution is 7.99. The number of thioether (sulfide) groups is 1. The molecule has 1 saturated carbocycles. The molecule has 0 atom stereocenters. The van der Waals surface area contributed by atoms with Gasteiger partial charge in [-0.2, -0.15) is 0 Å². The molecule has 1 fully saturated rings. The number of rotatable bonds is 6. The van der Waals surface area contributed by atoms with E-state index < -0.39 is 0 Å². The highest BCUT2D eigenvalue weighted by Gasteiger charge is 2.19. The van der Waals surface area contributed by atoms with E-state index in [1.807, 2.05) is 0 Å². The quantitative estimate of drug-likeness (QED) is 0.589. The number of ether oxygens (including phenoxy) is 2. The van der Waals surface area contributed by atoms with Crippen molar-refractivity contribution in [2.75, 3.05) is 14.2 Å². The summed E-state index contributed by atoms with van der Waals surface area (Å²) in [6, 6.07) is 0. The van der Waals surface area contributed by atoms with Crippen LogP contribution in [0.4, 0.5) is 0 Å². The first-order chi connectivity index (χ1) is 9.33. The lowest BCUT2D eigenvalue weighted by Gasteiger charge is -2.15. The first-order valence-electron chi connectivity index (χ1n) is 6.82. The third-order valence-electron chi connectivity index (χ3n) is 3.42. The monoisotopic (exact) mass is 286 g/mol. The zero-order valence-electron chi connectivity index (χ0n) is 11.6. The molecule has 1 aliphatic rings. The highest BCUT2D eigenvalue weighted by Crippen LogP contribution is 2.31. The number of methoxy groups -OCH3 is 2. The molecule has 108 valence electrons. The minimum absolute atomic E-state index is 0.308. The Balaban J connectivity index is 1.94. The number of hydrogen-bond acceptors (Lipinski definition) is 6. The summed E-state index contributed by atoms with van der Waals surface area (Å²) < 4.78 is 12.2. The molecule has 0 N–H and O–H groups in total. The molecule has 0 amide bonds. The van der Waals surface area contributed by atoms with Crippen molar-refractivity contribution in [3.8, 4) is 0 Å². The number of hydrogen-bond donors (Lipinski definition) is 0. The van der Waals surface area contributed by atoms with E-state index in [0.717, 1.165) is 5.16 Å². The smallest absolute Gasteiger partial charge is 0.209 e. The van der Waals surface area contributed by atoms with E-state index in [0.29, 0.717) is 11.8 Å². The lowest BCUT2D eigenvalue weighted by atomic mass is 10.2. The van der Waals surface area contributed by atoms with Gasteiger partial charge in [0.25, 0.3) is 0 Å². The SMILES string of the molecule is COC(Cn1nnnc1SC1CCCCCC1)OC. The van der Waals surface area contributed by atoms with Crippen LogP contribution in [0.3, 0.4) is 0 Å². The van der Waals surface area contributed by atoms with Crippen molar-refractivity contribution in [2.24, 2.45) is 0 Å². The molecular weight excluding hydrogens is 264 g/mol. The van der Waals surface area contributed by atoms with E-state index in [-0.39, 0.29) is 6.29 Å². The third-order valence-corrected chi connectivity index (χ3v) is 4.73. The Morgan fingerprint density at radius 1 is 1.21 bits per heavy atom. The van der Waals surface area contributed by atoms with Crippen LogP contribution in [0, 0.1) is 0 Å². The molecule has 0 spiro atoms. The van der Waals surface area contributed by atoms with Crippen molar-refractivity contribution in [2.45, 2.75) is 61.8 Å². The van der Waals surface area contributed by atoms with E-state index in [4.69, 9.17) is 9.47 Å². The maximum absolute atomic E-state index is 5.19. The van der Waals surface area contributed by atoms with Crippen molar-refractivity contribution in [1.29, 1.82) is 0 Å². The van der Waals surface area contributed by atoms with E-state index in [1.165, 1.54) is 38.5 Å². The van der Waals surface area contributed by atoms with Gasteiger partial charge in [0, 0.05) is 19.5 Å². The first kappa shape index (κ1) is 14.7. The molecule has 19 heavy (non-hydrogen) atoms. The normalized spacial score (nSPS) is 17.8. The predicted molar refractivity (Wildman–Crippen MR) is 73.0 cm³/mol. The van der Waals surface area contributed by atoms with Crippen LogP contribution >= 0.6 is 11.8 Å². The molecule has 1 aliphatic carbocycles. The minimum atomic E-state index is -0.308. The first-order valence-corrected chi connectivity index (χ1v) is 7.70. The Morgan fingerprint density at radius 3 is 2.53 bits per heavy atom. The Hall–Kier alpha value is -0.660. The fourth-order valence-corrected chi connectivity index (χ4v) is 3.47. The second kappa shape index (κ2) is 7.81. The van der Waals surface area contributed by atoms with Crippen LogP contribution in [0.5, 0.6) is 0 Å². The van der Waals surface area contributed by atoms with E-state index in [1.54, 1.807) is 30.7 Å². The van der Waals surface area contributed by atoms with Crippen molar-refractivity contribution in [3.63, 3.8) is 0 Å². The lowest BCUT2D eigenvalue weighted by Crippen LogP contribution is -2.22. The van der Waals surface area contributed by atoms with Crippen LogP contribution < -0.4 is 0 Å². The summed E-state index contributed by atoms with van der Waals surface area (Å²) in [6.07, 6.45) is 7.56. The summed E-state index contributed by atoms with van der Waals surface area (Å²) in [5, 5.41) is 13.4. The van der Waals surface area contributed by atoms with Crippen LogP contribution in [0.1, 0.15) is 38.5 Å². The maximum atomic E-state index is 5.19. The van der Waals surface area contributed by atoms with Gasteiger partial charge in [0.2, 0.25) is 5.16 Å². The Bertz CT molecular complexity index is 362. The zero-order valence-corrected chi connectivity index (χ0v) is 12.4. The average Bonchev–Trinajstić information content (AvgIpc) is 2.69. The van der Waals surface area contributed by atoms with Gasteiger partial charge in [0.1, 0.15) is 0 Å². The van der Waals surface area contributed by atoms with Gasteiger partial charge < -0.3 is 9.47 Å². The third kappa shape index (κ3) is 4.43. The van der Waals surface area contributed by atoms with Crippen LogP contribution in [0.2, 0.25) is 0 Å². The molecule has 2 rings (SSSR count). The van der Waals surface area contributed by atoms with Crippen LogP contribution in [-0.2, 0) is 16.0 Å².